The summed E-state index contributed by atoms with van der Waals surface area (Å²) < 4.78 is 0. The van der Waals surface area contributed by atoms with Crippen molar-refractivity contribution in [1.82, 2.24) is 15.0 Å². The van der Waals surface area contributed by atoms with Crippen molar-refractivity contribution in [2.75, 3.05) is 17.2 Å². The van der Waals surface area contributed by atoms with Crippen LogP contribution in [0.5, 0.6) is 0 Å². The Bertz CT molecular complexity index is 498. The van der Waals surface area contributed by atoms with Gasteiger partial charge in [0.05, 0.1) is 0 Å². The first-order chi connectivity index (χ1) is 9.24. The lowest BCUT2D eigenvalue weighted by molar-refractivity contribution is 0.687. The maximum absolute atomic E-state index is 4.20. The molecule has 0 atom stereocenters. The Hall–Kier alpha value is -2.17. The summed E-state index contributed by atoms with van der Waals surface area (Å²) in [5.74, 6) is 2.24. The fourth-order valence-corrected chi connectivity index (χ4v) is 1.55. The van der Waals surface area contributed by atoms with Crippen LogP contribution < -0.4 is 10.6 Å². The Kier molecular flexibility index (Phi) is 4.66. The number of nitrogens with one attached hydrogen (secondary N) is 2. The summed E-state index contributed by atoms with van der Waals surface area (Å²) in [6.45, 7) is 5.93. The van der Waals surface area contributed by atoms with Gasteiger partial charge in [0, 0.05) is 31.5 Å². The van der Waals surface area contributed by atoms with E-state index in [1.165, 1.54) is 0 Å². The highest BCUT2D eigenvalue weighted by Crippen LogP contribution is 2.10. The van der Waals surface area contributed by atoms with Crippen molar-refractivity contribution in [3.63, 3.8) is 0 Å². The molecule has 0 unspecified atom stereocenters. The fourth-order valence-electron chi connectivity index (χ4n) is 1.55. The van der Waals surface area contributed by atoms with E-state index < -0.39 is 0 Å². The van der Waals surface area contributed by atoms with Gasteiger partial charge in [-0.3, -0.25) is 4.98 Å². The molecule has 0 aromatic carbocycles. The summed E-state index contributed by atoms with van der Waals surface area (Å²) in [5, 5.41) is 6.54. The normalized spacial score (nSPS) is 10.5. The third-order valence-electron chi connectivity index (χ3n) is 2.55. The van der Waals surface area contributed by atoms with E-state index in [1.54, 1.807) is 12.5 Å². The molecule has 100 valence electrons. The molecule has 5 nitrogen and oxygen atoms in total. The lowest BCUT2D eigenvalue weighted by Gasteiger charge is -2.10. The average Bonchev–Trinajstić information content (AvgIpc) is 2.44. The van der Waals surface area contributed by atoms with Gasteiger partial charge in [0.2, 0.25) is 0 Å². The Balaban J connectivity index is 1.91. The minimum atomic E-state index is 0.585. The van der Waals surface area contributed by atoms with Crippen LogP contribution in [0.3, 0.4) is 0 Å². The van der Waals surface area contributed by atoms with Gasteiger partial charge in [0.15, 0.2) is 0 Å². The molecular formula is C14H19N5. The summed E-state index contributed by atoms with van der Waals surface area (Å²) in [7, 11) is 0. The topological polar surface area (TPSA) is 62.7 Å². The molecule has 0 aliphatic heterocycles. The van der Waals surface area contributed by atoms with E-state index in [2.05, 4.69) is 39.4 Å². The Morgan fingerprint density at radius 3 is 2.63 bits per heavy atom. The molecule has 0 amide bonds. The zero-order chi connectivity index (χ0) is 13.5. The number of pyridine rings is 1. The second-order valence-corrected chi connectivity index (χ2v) is 4.78. The van der Waals surface area contributed by atoms with Crippen molar-refractivity contribution >= 4 is 11.6 Å². The number of aromatic nitrogens is 3. The zero-order valence-electron chi connectivity index (χ0n) is 11.3. The quantitative estimate of drug-likeness (QED) is 0.832. The first-order valence-electron chi connectivity index (χ1n) is 6.42. The molecule has 2 aromatic rings. The molecule has 0 aliphatic rings. The number of hydrogen-bond donors (Lipinski definition) is 2. The third kappa shape index (κ3) is 4.54. The van der Waals surface area contributed by atoms with Crippen LogP contribution in [-0.4, -0.2) is 21.5 Å². The zero-order valence-corrected chi connectivity index (χ0v) is 11.3. The molecule has 2 rings (SSSR count). The van der Waals surface area contributed by atoms with Crippen molar-refractivity contribution in [2.45, 2.75) is 20.4 Å². The molecule has 19 heavy (non-hydrogen) atoms. The van der Waals surface area contributed by atoms with Gasteiger partial charge in [-0.15, -0.1) is 0 Å². The van der Waals surface area contributed by atoms with Crippen LogP contribution in [-0.2, 0) is 6.54 Å². The van der Waals surface area contributed by atoms with Crippen LogP contribution in [0, 0.1) is 5.92 Å². The van der Waals surface area contributed by atoms with Gasteiger partial charge in [0.25, 0.3) is 0 Å². The first kappa shape index (κ1) is 13.3. The molecule has 0 fully saturated rings. The maximum Gasteiger partial charge on any atom is 0.131 e. The van der Waals surface area contributed by atoms with Crippen LogP contribution in [0.1, 0.15) is 19.4 Å². The maximum atomic E-state index is 4.20. The molecule has 0 aliphatic carbocycles. The van der Waals surface area contributed by atoms with E-state index in [0.717, 1.165) is 23.7 Å². The van der Waals surface area contributed by atoms with Crippen molar-refractivity contribution < 1.29 is 0 Å². The van der Waals surface area contributed by atoms with Crippen LogP contribution in [0.4, 0.5) is 11.6 Å². The molecule has 2 heterocycles. The summed E-state index contributed by atoms with van der Waals surface area (Å²) in [4.78, 5) is 12.5. The predicted octanol–water partition coefficient (Wildman–Crippen LogP) is 2.55. The van der Waals surface area contributed by atoms with Gasteiger partial charge in [-0.25, -0.2) is 9.97 Å². The summed E-state index contributed by atoms with van der Waals surface area (Å²) in [6.07, 6.45) is 5.17. The highest BCUT2D eigenvalue weighted by atomic mass is 15.1. The third-order valence-corrected chi connectivity index (χ3v) is 2.55. The minimum Gasteiger partial charge on any atom is -0.370 e. The Morgan fingerprint density at radius 2 is 1.95 bits per heavy atom. The van der Waals surface area contributed by atoms with E-state index in [1.807, 2.05) is 24.4 Å². The van der Waals surface area contributed by atoms with Crippen molar-refractivity contribution in [1.29, 1.82) is 0 Å². The van der Waals surface area contributed by atoms with E-state index in [-0.39, 0.29) is 0 Å². The van der Waals surface area contributed by atoms with Crippen LogP contribution >= 0.6 is 0 Å². The minimum absolute atomic E-state index is 0.585. The molecule has 2 N–H and O–H groups in total. The number of hydrogen-bond acceptors (Lipinski definition) is 5. The summed E-state index contributed by atoms with van der Waals surface area (Å²) in [5.41, 5.74) is 1.12. The molecule has 0 spiro atoms. The van der Waals surface area contributed by atoms with E-state index >= 15 is 0 Å². The first-order valence-corrected chi connectivity index (χ1v) is 6.42. The van der Waals surface area contributed by atoms with E-state index in [0.29, 0.717) is 12.5 Å². The largest absolute Gasteiger partial charge is 0.370 e. The molecule has 5 heteroatoms. The van der Waals surface area contributed by atoms with Crippen LogP contribution in [0.2, 0.25) is 0 Å². The number of anilines is 2. The molecule has 0 saturated carbocycles. The van der Waals surface area contributed by atoms with E-state index in [9.17, 15) is 0 Å². The van der Waals surface area contributed by atoms with Crippen molar-refractivity contribution in [3.8, 4) is 0 Å². The monoisotopic (exact) mass is 257 g/mol. The molecule has 2 aromatic heterocycles. The molecule has 0 radical (unpaired) electrons. The number of nitrogens with zero attached hydrogens (tertiary/aromatic N) is 3. The van der Waals surface area contributed by atoms with Gasteiger partial charge >= 0.3 is 0 Å². The van der Waals surface area contributed by atoms with Crippen LogP contribution in [0.15, 0.2) is 36.9 Å². The average molecular weight is 257 g/mol. The number of rotatable bonds is 6. The Labute approximate surface area is 113 Å². The summed E-state index contributed by atoms with van der Waals surface area (Å²) in [6, 6.07) is 5.87. The lowest BCUT2D eigenvalue weighted by Crippen LogP contribution is -2.10. The van der Waals surface area contributed by atoms with Crippen molar-refractivity contribution in [2.24, 2.45) is 5.92 Å². The second kappa shape index (κ2) is 6.68. The smallest absolute Gasteiger partial charge is 0.131 e. The van der Waals surface area contributed by atoms with Gasteiger partial charge < -0.3 is 10.6 Å². The van der Waals surface area contributed by atoms with Gasteiger partial charge in [-0.05, 0) is 17.5 Å². The Morgan fingerprint density at radius 1 is 1.16 bits per heavy atom. The predicted molar refractivity (Wildman–Crippen MR) is 76.9 cm³/mol. The lowest BCUT2D eigenvalue weighted by atomic mass is 10.2. The van der Waals surface area contributed by atoms with E-state index in [4.69, 9.17) is 0 Å². The highest BCUT2D eigenvalue weighted by Gasteiger charge is 2.00. The highest BCUT2D eigenvalue weighted by molar-refractivity contribution is 5.46. The van der Waals surface area contributed by atoms with Crippen LogP contribution in [0.25, 0.3) is 0 Å². The molecule has 0 saturated heterocycles. The second-order valence-electron chi connectivity index (χ2n) is 4.78. The molecule has 0 bridgehead atoms. The standard InChI is InChI=1S/C14H19N5/c1-11(2)7-16-13-6-14(19-10-18-13)17-9-12-4-3-5-15-8-12/h3-6,8,10-11H,7,9H2,1-2H3,(H2,16,17,18,19). The van der Waals surface area contributed by atoms with Gasteiger partial charge in [-0.1, -0.05) is 19.9 Å². The van der Waals surface area contributed by atoms with Gasteiger partial charge in [-0.2, -0.15) is 0 Å². The molecular weight excluding hydrogens is 238 g/mol. The fraction of sp³-hybridized carbons (Fsp3) is 0.357. The van der Waals surface area contributed by atoms with Crippen molar-refractivity contribution in [3.05, 3.63) is 42.5 Å². The SMILES string of the molecule is CC(C)CNc1cc(NCc2cccnc2)ncn1. The summed E-state index contributed by atoms with van der Waals surface area (Å²) >= 11 is 0. The van der Waals surface area contributed by atoms with Gasteiger partial charge in [0.1, 0.15) is 18.0 Å².